The number of carbonyl (C=O) groups excluding carboxylic acids is 2. The molecule has 0 heterocycles. The third kappa shape index (κ3) is 5.48. The SMILES string of the molecule is COc1ccc(OC)c([C@H](C)NC(=O)CCNC(=O)c2ccccc2C)c1. The zero-order valence-electron chi connectivity index (χ0n) is 16.2. The summed E-state index contributed by atoms with van der Waals surface area (Å²) >= 11 is 0. The van der Waals surface area contributed by atoms with Gasteiger partial charge in [-0.3, -0.25) is 9.59 Å². The highest BCUT2D eigenvalue weighted by Crippen LogP contribution is 2.29. The maximum absolute atomic E-state index is 12.2. The molecule has 0 bridgehead atoms. The molecule has 144 valence electrons. The van der Waals surface area contributed by atoms with Crippen LogP contribution in [0.25, 0.3) is 0 Å². The summed E-state index contributed by atoms with van der Waals surface area (Å²) in [6, 6.07) is 12.5. The molecule has 2 aromatic carbocycles. The Hall–Kier alpha value is -3.02. The van der Waals surface area contributed by atoms with Crippen LogP contribution < -0.4 is 20.1 Å². The minimum Gasteiger partial charge on any atom is -0.497 e. The summed E-state index contributed by atoms with van der Waals surface area (Å²) in [5, 5.41) is 5.70. The number of benzene rings is 2. The molecule has 27 heavy (non-hydrogen) atoms. The first-order valence-corrected chi connectivity index (χ1v) is 8.81. The fraction of sp³-hybridized carbons (Fsp3) is 0.333. The van der Waals surface area contributed by atoms with Gasteiger partial charge < -0.3 is 20.1 Å². The molecule has 0 aromatic heterocycles. The smallest absolute Gasteiger partial charge is 0.251 e. The summed E-state index contributed by atoms with van der Waals surface area (Å²) in [7, 11) is 3.17. The Bertz CT molecular complexity index is 805. The molecule has 0 spiro atoms. The zero-order chi connectivity index (χ0) is 19.8. The van der Waals surface area contributed by atoms with E-state index in [1.807, 2.05) is 38.1 Å². The minimum absolute atomic E-state index is 0.155. The number of aryl methyl sites for hydroxylation is 1. The highest BCUT2D eigenvalue weighted by atomic mass is 16.5. The summed E-state index contributed by atoms with van der Waals surface area (Å²) in [4.78, 5) is 24.4. The van der Waals surface area contributed by atoms with E-state index in [0.717, 1.165) is 11.1 Å². The normalized spacial score (nSPS) is 11.4. The first-order valence-electron chi connectivity index (χ1n) is 8.81. The van der Waals surface area contributed by atoms with Crippen molar-refractivity contribution in [2.45, 2.75) is 26.3 Å². The standard InChI is InChI=1S/C21H26N2O4/c1-14-7-5-6-8-17(14)21(25)22-12-11-20(24)23-15(2)18-13-16(26-3)9-10-19(18)27-4/h5-10,13,15H,11-12H2,1-4H3,(H,22,25)(H,23,24)/t15-/m0/s1. The Morgan fingerprint density at radius 1 is 1.07 bits per heavy atom. The number of hydrogen-bond acceptors (Lipinski definition) is 4. The Morgan fingerprint density at radius 3 is 2.48 bits per heavy atom. The van der Waals surface area contributed by atoms with Gasteiger partial charge in [0.1, 0.15) is 11.5 Å². The monoisotopic (exact) mass is 370 g/mol. The van der Waals surface area contributed by atoms with Crippen molar-refractivity contribution in [2.75, 3.05) is 20.8 Å². The van der Waals surface area contributed by atoms with Crippen LogP contribution in [0.3, 0.4) is 0 Å². The van der Waals surface area contributed by atoms with E-state index in [2.05, 4.69) is 10.6 Å². The number of amides is 2. The molecular weight excluding hydrogens is 344 g/mol. The topological polar surface area (TPSA) is 76.7 Å². The summed E-state index contributed by atoms with van der Waals surface area (Å²) in [5.74, 6) is 1.04. The van der Waals surface area contributed by atoms with Crippen molar-refractivity contribution in [3.8, 4) is 11.5 Å². The van der Waals surface area contributed by atoms with Crippen LogP contribution in [0.15, 0.2) is 42.5 Å². The van der Waals surface area contributed by atoms with Crippen LogP contribution in [-0.2, 0) is 4.79 Å². The predicted molar refractivity (Wildman–Crippen MR) is 104 cm³/mol. The second-order valence-corrected chi connectivity index (χ2v) is 6.22. The maximum Gasteiger partial charge on any atom is 0.251 e. The number of rotatable bonds is 8. The third-order valence-electron chi connectivity index (χ3n) is 4.31. The number of methoxy groups -OCH3 is 2. The molecule has 6 heteroatoms. The van der Waals surface area contributed by atoms with Crippen LogP contribution in [0.2, 0.25) is 0 Å². The van der Waals surface area contributed by atoms with Gasteiger partial charge in [0, 0.05) is 24.1 Å². The van der Waals surface area contributed by atoms with E-state index in [-0.39, 0.29) is 30.8 Å². The lowest BCUT2D eigenvalue weighted by Gasteiger charge is -2.18. The zero-order valence-corrected chi connectivity index (χ0v) is 16.2. The van der Waals surface area contributed by atoms with Crippen molar-refractivity contribution in [2.24, 2.45) is 0 Å². The second-order valence-electron chi connectivity index (χ2n) is 6.22. The Kier molecular flexibility index (Phi) is 7.23. The van der Waals surface area contributed by atoms with Crippen LogP contribution in [0, 0.1) is 6.92 Å². The van der Waals surface area contributed by atoms with Gasteiger partial charge in [0.15, 0.2) is 0 Å². The first kappa shape index (κ1) is 20.3. The van der Waals surface area contributed by atoms with E-state index in [1.165, 1.54) is 0 Å². The van der Waals surface area contributed by atoms with Crippen LogP contribution in [-0.4, -0.2) is 32.6 Å². The largest absolute Gasteiger partial charge is 0.497 e. The summed E-state index contributed by atoms with van der Waals surface area (Å²) < 4.78 is 10.6. The molecular formula is C21H26N2O4. The lowest BCUT2D eigenvalue weighted by molar-refractivity contribution is -0.121. The van der Waals surface area contributed by atoms with Crippen molar-refractivity contribution in [1.82, 2.24) is 10.6 Å². The molecule has 2 amide bonds. The Balaban J connectivity index is 1.88. The van der Waals surface area contributed by atoms with E-state index < -0.39 is 0 Å². The molecule has 0 aliphatic rings. The Labute approximate surface area is 159 Å². The molecule has 0 radical (unpaired) electrons. The van der Waals surface area contributed by atoms with Gasteiger partial charge in [0.25, 0.3) is 5.91 Å². The molecule has 2 N–H and O–H groups in total. The van der Waals surface area contributed by atoms with Gasteiger partial charge in [-0.2, -0.15) is 0 Å². The molecule has 6 nitrogen and oxygen atoms in total. The van der Waals surface area contributed by atoms with Crippen molar-refractivity contribution in [3.63, 3.8) is 0 Å². The molecule has 0 aliphatic carbocycles. The van der Waals surface area contributed by atoms with Crippen LogP contribution in [0.4, 0.5) is 0 Å². The molecule has 0 unspecified atom stereocenters. The average Bonchev–Trinajstić information content (AvgIpc) is 2.67. The van der Waals surface area contributed by atoms with Gasteiger partial charge in [0.05, 0.1) is 20.3 Å². The molecule has 2 aromatic rings. The van der Waals surface area contributed by atoms with Gasteiger partial charge in [-0.1, -0.05) is 18.2 Å². The van der Waals surface area contributed by atoms with Gasteiger partial charge in [0.2, 0.25) is 5.91 Å². The third-order valence-corrected chi connectivity index (χ3v) is 4.31. The van der Waals surface area contributed by atoms with Crippen molar-refractivity contribution < 1.29 is 19.1 Å². The quantitative estimate of drug-likeness (QED) is 0.749. The molecule has 0 fully saturated rings. The van der Waals surface area contributed by atoms with Gasteiger partial charge in [-0.05, 0) is 43.7 Å². The van der Waals surface area contributed by atoms with E-state index in [4.69, 9.17) is 9.47 Å². The van der Waals surface area contributed by atoms with Crippen LogP contribution >= 0.6 is 0 Å². The van der Waals surface area contributed by atoms with E-state index in [1.54, 1.807) is 32.4 Å². The highest BCUT2D eigenvalue weighted by molar-refractivity contribution is 5.95. The van der Waals surface area contributed by atoms with Gasteiger partial charge in [-0.15, -0.1) is 0 Å². The van der Waals surface area contributed by atoms with E-state index in [9.17, 15) is 9.59 Å². The molecule has 0 saturated heterocycles. The fourth-order valence-corrected chi connectivity index (χ4v) is 2.78. The first-order chi connectivity index (χ1) is 13.0. The Morgan fingerprint density at radius 2 is 1.81 bits per heavy atom. The van der Waals surface area contributed by atoms with Crippen molar-refractivity contribution in [3.05, 3.63) is 59.2 Å². The molecule has 0 saturated carbocycles. The number of carbonyl (C=O) groups is 2. The lowest BCUT2D eigenvalue weighted by atomic mass is 10.1. The summed E-state index contributed by atoms with van der Waals surface area (Å²) in [5.41, 5.74) is 2.35. The number of ether oxygens (including phenoxy) is 2. The van der Waals surface area contributed by atoms with Crippen LogP contribution in [0.5, 0.6) is 11.5 Å². The molecule has 2 rings (SSSR count). The molecule has 1 atom stereocenters. The van der Waals surface area contributed by atoms with Gasteiger partial charge in [-0.25, -0.2) is 0 Å². The van der Waals surface area contributed by atoms with Gasteiger partial charge >= 0.3 is 0 Å². The second kappa shape index (κ2) is 9.62. The van der Waals surface area contributed by atoms with E-state index in [0.29, 0.717) is 17.1 Å². The predicted octanol–water partition coefficient (Wildman–Crippen LogP) is 3.01. The summed E-state index contributed by atoms with van der Waals surface area (Å²) in [6.07, 6.45) is 0.189. The fourth-order valence-electron chi connectivity index (χ4n) is 2.78. The number of hydrogen-bond donors (Lipinski definition) is 2. The summed E-state index contributed by atoms with van der Waals surface area (Å²) in [6.45, 7) is 4.02. The van der Waals surface area contributed by atoms with Crippen molar-refractivity contribution >= 4 is 11.8 Å². The molecule has 0 aliphatic heterocycles. The highest BCUT2D eigenvalue weighted by Gasteiger charge is 2.15. The van der Waals surface area contributed by atoms with E-state index >= 15 is 0 Å². The maximum atomic E-state index is 12.2. The number of nitrogens with one attached hydrogen (secondary N) is 2. The van der Waals surface area contributed by atoms with Crippen molar-refractivity contribution in [1.29, 1.82) is 0 Å². The minimum atomic E-state index is -0.255. The average molecular weight is 370 g/mol. The van der Waals surface area contributed by atoms with Crippen LogP contribution in [0.1, 0.15) is 40.9 Å². The lowest BCUT2D eigenvalue weighted by Crippen LogP contribution is -2.32.